The Morgan fingerprint density at radius 1 is 1.29 bits per heavy atom. The molecule has 9 nitrogen and oxygen atoms in total. The molecule has 31 heavy (non-hydrogen) atoms. The molecule has 2 aromatic rings. The number of urea groups is 1. The number of aromatic nitrogens is 2. The fraction of sp³-hybridized carbons (Fsp3) is 0.500. The summed E-state index contributed by atoms with van der Waals surface area (Å²) < 4.78 is 44.1. The molecular formula is C20H24FN5O4S. The van der Waals surface area contributed by atoms with Gasteiger partial charge in [-0.3, -0.25) is 0 Å². The topological polar surface area (TPSA) is 121 Å². The number of carbonyl (C=O) groups is 1. The number of methoxy groups -OCH3 is 1. The van der Waals surface area contributed by atoms with Crippen LogP contribution in [0.3, 0.4) is 0 Å². The third-order valence-corrected chi connectivity index (χ3v) is 7.56. The molecule has 166 valence electrons. The molecule has 11 heteroatoms. The molecule has 1 aromatic carbocycles. The zero-order valence-electron chi connectivity index (χ0n) is 17.1. The van der Waals surface area contributed by atoms with Crippen LogP contribution in [0.1, 0.15) is 35.1 Å². The molecule has 2 heterocycles. The number of nitrogens with two attached hydrogens (primary N) is 1. The number of nitrogens with one attached hydrogen (secondary N) is 1. The molecule has 3 aliphatic rings. The van der Waals surface area contributed by atoms with Gasteiger partial charge in [0, 0.05) is 12.8 Å². The highest BCUT2D eigenvalue weighted by atomic mass is 32.2. The van der Waals surface area contributed by atoms with Crippen LogP contribution in [-0.4, -0.2) is 39.8 Å². The monoisotopic (exact) mass is 449 g/mol. The zero-order valence-corrected chi connectivity index (χ0v) is 18.0. The van der Waals surface area contributed by atoms with Gasteiger partial charge >= 0.3 is 6.03 Å². The standard InChI is InChI=1S/C20H24FN5O4S/c1-29-11-9-26-19(30-10-11)16(8-23-26)31(22,28)25-20(27)24-18-14-6-2-4-12(14)17(21)13-5-3-7-15(13)18/h8,11H,2-7,9-10H2,1H3,(H3,22,24,25,27,28). The molecule has 2 unspecified atom stereocenters. The van der Waals surface area contributed by atoms with Gasteiger partial charge in [0.2, 0.25) is 5.88 Å². The van der Waals surface area contributed by atoms with E-state index in [4.69, 9.17) is 14.6 Å². The number of hydrogen-bond donors (Lipinski definition) is 2. The van der Waals surface area contributed by atoms with Crippen LogP contribution in [-0.2, 0) is 46.9 Å². The van der Waals surface area contributed by atoms with E-state index in [1.54, 1.807) is 7.11 Å². The summed E-state index contributed by atoms with van der Waals surface area (Å²) in [5.74, 6) is 0.0940. The van der Waals surface area contributed by atoms with Crippen molar-refractivity contribution in [3.63, 3.8) is 0 Å². The van der Waals surface area contributed by atoms with Gasteiger partial charge in [-0.25, -0.2) is 23.2 Å². The van der Waals surface area contributed by atoms with Gasteiger partial charge in [-0.15, -0.1) is 4.36 Å². The third kappa shape index (κ3) is 3.40. The van der Waals surface area contributed by atoms with E-state index < -0.39 is 15.9 Å². The molecule has 0 spiro atoms. The predicted molar refractivity (Wildman–Crippen MR) is 111 cm³/mol. The molecule has 2 atom stereocenters. The first-order valence-corrected chi connectivity index (χ1v) is 11.9. The number of fused-ring (bicyclic) bond motifs is 3. The number of amides is 2. The average Bonchev–Trinajstić information content (AvgIpc) is 3.49. The van der Waals surface area contributed by atoms with Gasteiger partial charge < -0.3 is 14.8 Å². The fourth-order valence-corrected chi connectivity index (χ4v) is 5.74. The van der Waals surface area contributed by atoms with Crippen LogP contribution in [0.25, 0.3) is 0 Å². The van der Waals surface area contributed by atoms with Crippen molar-refractivity contribution >= 4 is 21.6 Å². The van der Waals surface area contributed by atoms with E-state index >= 15 is 0 Å². The van der Waals surface area contributed by atoms with Crippen molar-refractivity contribution in [1.82, 2.24) is 9.78 Å². The van der Waals surface area contributed by atoms with Gasteiger partial charge in [0.15, 0.2) is 9.92 Å². The van der Waals surface area contributed by atoms with E-state index in [2.05, 4.69) is 14.8 Å². The number of nitrogens with zero attached hydrogens (tertiary/aromatic N) is 3. The van der Waals surface area contributed by atoms with Crippen LogP contribution in [0, 0.1) is 5.82 Å². The van der Waals surface area contributed by atoms with E-state index in [0.29, 0.717) is 49.0 Å². The van der Waals surface area contributed by atoms with E-state index in [9.17, 15) is 13.4 Å². The maximum Gasteiger partial charge on any atom is 0.354 e. The molecule has 3 N–H and O–H groups in total. The molecule has 2 aliphatic carbocycles. The van der Waals surface area contributed by atoms with Gasteiger partial charge in [-0.05, 0) is 60.8 Å². The molecule has 1 aliphatic heterocycles. The van der Waals surface area contributed by atoms with Crippen molar-refractivity contribution < 1.29 is 22.9 Å². The Balaban J connectivity index is 1.47. The van der Waals surface area contributed by atoms with E-state index in [1.807, 2.05) is 0 Å². The number of carbonyl (C=O) groups excluding carboxylic acids is 1. The summed E-state index contributed by atoms with van der Waals surface area (Å²) in [7, 11) is -2.03. The minimum Gasteiger partial charge on any atom is -0.474 e. The highest BCUT2D eigenvalue weighted by Gasteiger charge is 2.31. The van der Waals surface area contributed by atoms with Crippen LogP contribution in [0.5, 0.6) is 5.88 Å². The summed E-state index contributed by atoms with van der Waals surface area (Å²) in [5.41, 5.74) is 3.61. The molecule has 0 bridgehead atoms. The quantitative estimate of drug-likeness (QED) is 0.745. The van der Waals surface area contributed by atoms with Crippen LogP contribution < -0.4 is 15.2 Å². The first-order valence-electron chi connectivity index (χ1n) is 10.3. The Kier molecular flexibility index (Phi) is 4.98. The van der Waals surface area contributed by atoms with Crippen LogP contribution in [0.4, 0.5) is 14.9 Å². The number of rotatable bonds is 3. The molecule has 0 radical (unpaired) electrons. The van der Waals surface area contributed by atoms with Gasteiger partial charge in [0.05, 0.1) is 12.7 Å². The van der Waals surface area contributed by atoms with Crippen molar-refractivity contribution in [3.8, 4) is 5.88 Å². The second kappa shape index (κ2) is 7.57. The number of ether oxygens (including phenoxy) is 2. The SMILES string of the molecule is COC1COc2c(S(N)(=O)=NC(=O)Nc3c4c(c(F)c5c3CCC5)CCC4)cnn2C1. The summed E-state index contributed by atoms with van der Waals surface area (Å²) in [4.78, 5) is 12.8. The molecule has 1 aromatic heterocycles. The fourth-order valence-electron chi connectivity index (χ4n) is 4.73. The Morgan fingerprint density at radius 3 is 2.58 bits per heavy atom. The summed E-state index contributed by atoms with van der Waals surface area (Å²) in [6, 6.07) is -0.826. The maximum atomic E-state index is 14.8. The lowest BCUT2D eigenvalue weighted by Crippen LogP contribution is -2.32. The summed E-state index contributed by atoms with van der Waals surface area (Å²) in [6.45, 7) is 0.673. The maximum absolute atomic E-state index is 14.8. The second-order valence-corrected chi connectivity index (χ2v) is 9.82. The average molecular weight is 450 g/mol. The first-order chi connectivity index (χ1) is 14.9. The Hall–Kier alpha value is -2.50. The van der Waals surface area contributed by atoms with Crippen molar-refractivity contribution in [2.75, 3.05) is 19.0 Å². The smallest absolute Gasteiger partial charge is 0.354 e. The van der Waals surface area contributed by atoms with Crippen molar-refractivity contribution in [2.45, 2.75) is 56.1 Å². The number of anilines is 1. The lowest BCUT2D eigenvalue weighted by molar-refractivity contribution is 0.0165. The third-order valence-electron chi connectivity index (χ3n) is 6.21. The summed E-state index contributed by atoms with van der Waals surface area (Å²) in [5, 5.41) is 12.9. The Morgan fingerprint density at radius 2 is 1.94 bits per heavy atom. The van der Waals surface area contributed by atoms with Crippen molar-refractivity contribution in [2.24, 2.45) is 9.50 Å². The molecule has 2 amide bonds. The first kappa shape index (κ1) is 20.4. The summed E-state index contributed by atoms with van der Waals surface area (Å²) >= 11 is 0. The molecule has 0 saturated carbocycles. The van der Waals surface area contributed by atoms with Crippen LogP contribution in [0.15, 0.2) is 15.5 Å². The van der Waals surface area contributed by atoms with Gasteiger partial charge in [0.1, 0.15) is 23.4 Å². The molecule has 5 rings (SSSR count). The highest BCUT2D eigenvalue weighted by Crippen LogP contribution is 2.41. The highest BCUT2D eigenvalue weighted by molar-refractivity contribution is 7.91. The normalized spacial score (nSPS) is 20.9. The molecule has 0 fully saturated rings. The van der Waals surface area contributed by atoms with Gasteiger partial charge in [-0.2, -0.15) is 5.10 Å². The zero-order chi connectivity index (χ0) is 21.8. The van der Waals surface area contributed by atoms with Crippen molar-refractivity contribution in [1.29, 1.82) is 0 Å². The van der Waals surface area contributed by atoms with Crippen molar-refractivity contribution in [3.05, 3.63) is 34.3 Å². The van der Waals surface area contributed by atoms with Crippen LogP contribution in [0.2, 0.25) is 0 Å². The molecule has 0 saturated heterocycles. The second-order valence-electron chi connectivity index (χ2n) is 8.07. The van der Waals surface area contributed by atoms with Crippen LogP contribution >= 0.6 is 0 Å². The minimum atomic E-state index is -3.60. The lowest BCUT2D eigenvalue weighted by Gasteiger charge is -2.23. The van der Waals surface area contributed by atoms with Gasteiger partial charge in [0.25, 0.3) is 0 Å². The number of halogens is 1. The Labute approximate surface area is 179 Å². The minimum absolute atomic E-state index is 0.0618. The Bertz CT molecular complexity index is 1170. The van der Waals surface area contributed by atoms with Gasteiger partial charge in [-0.1, -0.05) is 0 Å². The summed E-state index contributed by atoms with van der Waals surface area (Å²) in [6.07, 6.45) is 5.50. The lowest BCUT2D eigenvalue weighted by atomic mass is 9.98. The number of hydrogen-bond acceptors (Lipinski definition) is 5. The largest absolute Gasteiger partial charge is 0.474 e. The van der Waals surface area contributed by atoms with E-state index in [0.717, 1.165) is 24.0 Å². The van der Waals surface area contributed by atoms with E-state index in [-0.39, 0.29) is 29.3 Å². The number of benzene rings is 1. The van der Waals surface area contributed by atoms with E-state index in [1.165, 1.54) is 10.9 Å². The molecular weight excluding hydrogens is 425 g/mol. The predicted octanol–water partition coefficient (Wildman–Crippen LogP) is 2.34.